The van der Waals surface area contributed by atoms with Crippen LogP contribution in [0.15, 0.2) is 84.9 Å². The third-order valence-corrected chi connectivity index (χ3v) is 4.18. The highest BCUT2D eigenvalue weighted by molar-refractivity contribution is 5.63. The van der Waals surface area contributed by atoms with Crippen LogP contribution in [0.4, 0.5) is 0 Å². The molecule has 0 spiro atoms. The highest BCUT2D eigenvalue weighted by Crippen LogP contribution is 2.20. The van der Waals surface area contributed by atoms with Crippen LogP contribution >= 0.6 is 0 Å². The summed E-state index contributed by atoms with van der Waals surface area (Å²) in [7, 11) is 2.04. The average molecular weight is 317 g/mol. The molecule has 0 amide bonds. The van der Waals surface area contributed by atoms with Gasteiger partial charge in [-0.3, -0.25) is 4.90 Å². The van der Waals surface area contributed by atoms with Gasteiger partial charge in [0.15, 0.2) is 0 Å². The third-order valence-electron chi connectivity index (χ3n) is 4.18. The van der Waals surface area contributed by atoms with Crippen LogP contribution in [0.1, 0.15) is 17.2 Å². The fraction of sp³-hybridized carbons (Fsp3) is 0.182. The quantitative estimate of drug-likeness (QED) is 0.722. The lowest BCUT2D eigenvalue weighted by Crippen LogP contribution is -2.24. The van der Waals surface area contributed by atoms with Crippen molar-refractivity contribution < 1.29 is 5.11 Å². The van der Waals surface area contributed by atoms with E-state index < -0.39 is 6.10 Å². The largest absolute Gasteiger partial charge is 0.387 e. The molecule has 122 valence electrons. The Labute approximate surface area is 144 Å². The van der Waals surface area contributed by atoms with Crippen LogP contribution in [-0.2, 0) is 6.54 Å². The van der Waals surface area contributed by atoms with E-state index in [4.69, 9.17) is 0 Å². The number of hydrogen-bond donors (Lipinski definition) is 1. The van der Waals surface area contributed by atoms with Crippen molar-refractivity contribution in [3.8, 4) is 11.1 Å². The van der Waals surface area contributed by atoms with E-state index >= 15 is 0 Å². The molecule has 3 aromatic carbocycles. The Morgan fingerprint density at radius 2 is 1.29 bits per heavy atom. The molecule has 0 saturated carbocycles. The highest BCUT2D eigenvalue weighted by Gasteiger charge is 2.10. The Morgan fingerprint density at radius 3 is 1.92 bits per heavy atom. The molecule has 0 radical (unpaired) electrons. The molecule has 0 saturated heterocycles. The van der Waals surface area contributed by atoms with E-state index in [-0.39, 0.29) is 0 Å². The smallest absolute Gasteiger partial charge is 0.0916 e. The first-order chi connectivity index (χ1) is 11.7. The number of rotatable bonds is 6. The van der Waals surface area contributed by atoms with Crippen molar-refractivity contribution in [2.75, 3.05) is 13.6 Å². The number of likely N-dealkylation sites (N-methyl/N-ethyl adjacent to an activating group) is 1. The van der Waals surface area contributed by atoms with Gasteiger partial charge in [-0.1, -0.05) is 84.9 Å². The fourth-order valence-corrected chi connectivity index (χ4v) is 2.89. The van der Waals surface area contributed by atoms with Crippen molar-refractivity contribution in [3.05, 3.63) is 96.1 Å². The van der Waals surface area contributed by atoms with Crippen LogP contribution in [0.2, 0.25) is 0 Å². The Kier molecular flexibility index (Phi) is 5.42. The molecule has 24 heavy (non-hydrogen) atoms. The lowest BCUT2D eigenvalue weighted by molar-refractivity contribution is 0.124. The van der Waals surface area contributed by atoms with Gasteiger partial charge in [0.05, 0.1) is 6.10 Å². The van der Waals surface area contributed by atoms with Crippen LogP contribution in [0.5, 0.6) is 0 Å². The summed E-state index contributed by atoms with van der Waals surface area (Å²) in [6.07, 6.45) is -0.459. The van der Waals surface area contributed by atoms with Gasteiger partial charge in [-0.25, -0.2) is 0 Å². The molecule has 0 aliphatic carbocycles. The maximum atomic E-state index is 10.3. The molecule has 0 heterocycles. The Balaban J connectivity index is 1.59. The molecule has 0 bridgehead atoms. The molecule has 0 aliphatic heterocycles. The summed E-state index contributed by atoms with van der Waals surface area (Å²) in [5.74, 6) is 0. The number of nitrogens with zero attached hydrogens (tertiary/aromatic N) is 1. The first-order valence-electron chi connectivity index (χ1n) is 8.28. The first-order valence-corrected chi connectivity index (χ1v) is 8.28. The standard InChI is InChI=1S/C22H23NO/c1-23(17-22(24)21-10-6-3-7-11-21)16-18-12-14-20(15-13-18)19-8-4-2-5-9-19/h2-15,22,24H,16-17H2,1H3/t22-/m1/s1. The molecule has 0 aromatic heterocycles. The van der Waals surface area contributed by atoms with Crippen molar-refractivity contribution in [1.82, 2.24) is 4.90 Å². The predicted octanol–water partition coefficient (Wildman–Crippen LogP) is 4.52. The van der Waals surface area contributed by atoms with Crippen molar-refractivity contribution in [2.24, 2.45) is 0 Å². The summed E-state index contributed by atoms with van der Waals surface area (Å²) in [4.78, 5) is 2.15. The normalized spacial score (nSPS) is 12.3. The summed E-state index contributed by atoms with van der Waals surface area (Å²) in [5, 5.41) is 10.3. The van der Waals surface area contributed by atoms with Crippen molar-refractivity contribution in [2.45, 2.75) is 12.6 Å². The SMILES string of the molecule is CN(Cc1ccc(-c2ccccc2)cc1)C[C@@H](O)c1ccccc1. The molecule has 3 aromatic rings. The Bertz CT molecular complexity index is 738. The lowest BCUT2D eigenvalue weighted by atomic mass is 10.0. The van der Waals surface area contributed by atoms with Crippen molar-refractivity contribution in [1.29, 1.82) is 0 Å². The third kappa shape index (κ3) is 4.31. The maximum Gasteiger partial charge on any atom is 0.0916 e. The summed E-state index contributed by atoms with van der Waals surface area (Å²) in [6, 6.07) is 28.8. The van der Waals surface area contributed by atoms with Gasteiger partial charge in [0.2, 0.25) is 0 Å². The van der Waals surface area contributed by atoms with E-state index in [0.717, 1.165) is 12.1 Å². The van der Waals surface area contributed by atoms with Gasteiger partial charge < -0.3 is 5.11 Å². The second-order valence-electron chi connectivity index (χ2n) is 6.19. The van der Waals surface area contributed by atoms with Gasteiger partial charge in [0, 0.05) is 13.1 Å². The van der Waals surface area contributed by atoms with Gasteiger partial charge in [0.1, 0.15) is 0 Å². The van der Waals surface area contributed by atoms with E-state index in [1.54, 1.807) is 0 Å². The van der Waals surface area contributed by atoms with Crippen LogP contribution in [-0.4, -0.2) is 23.6 Å². The van der Waals surface area contributed by atoms with Gasteiger partial charge in [-0.15, -0.1) is 0 Å². The zero-order valence-electron chi connectivity index (χ0n) is 14.0. The second-order valence-corrected chi connectivity index (χ2v) is 6.19. The van der Waals surface area contributed by atoms with Crippen LogP contribution in [0.3, 0.4) is 0 Å². The fourth-order valence-electron chi connectivity index (χ4n) is 2.89. The second kappa shape index (κ2) is 7.91. The number of aliphatic hydroxyl groups is 1. The van der Waals surface area contributed by atoms with E-state index in [2.05, 4.69) is 53.4 Å². The monoisotopic (exact) mass is 317 g/mol. The van der Waals surface area contributed by atoms with E-state index in [1.165, 1.54) is 16.7 Å². The van der Waals surface area contributed by atoms with Gasteiger partial charge in [0.25, 0.3) is 0 Å². The van der Waals surface area contributed by atoms with Gasteiger partial charge in [-0.2, -0.15) is 0 Å². The maximum absolute atomic E-state index is 10.3. The number of hydrogen-bond acceptors (Lipinski definition) is 2. The molecular formula is C22H23NO. The molecule has 3 rings (SSSR count). The summed E-state index contributed by atoms with van der Waals surface area (Å²) >= 11 is 0. The Hall–Kier alpha value is -2.42. The molecular weight excluding hydrogens is 294 g/mol. The molecule has 0 fully saturated rings. The van der Waals surface area contributed by atoms with Crippen LogP contribution in [0, 0.1) is 0 Å². The Morgan fingerprint density at radius 1 is 0.750 bits per heavy atom. The van der Waals surface area contributed by atoms with E-state index in [1.807, 2.05) is 43.4 Å². The minimum absolute atomic E-state index is 0.459. The minimum Gasteiger partial charge on any atom is -0.387 e. The molecule has 1 atom stereocenters. The molecule has 0 unspecified atom stereocenters. The molecule has 2 heteroatoms. The predicted molar refractivity (Wildman–Crippen MR) is 99.6 cm³/mol. The molecule has 0 aliphatic rings. The summed E-state index contributed by atoms with van der Waals surface area (Å²) < 4.78 is 0. The van der Waals surface area contributed by atoms with Gasteiger partial charge in [-0.05, 0) is 29.3 Å². The lowest BCUT2D eigenvalue weighted by Gasteiger charge is -2.21. The molecule has 1 N–H and O–H groups in total. The van der Waals surface area contributed by atoms with E-state index in [0.29, 0.717) is 6.54 Å². The highest BCUT2D eigenvalue weighted by atomic mass is 16.3. The first kappa shape index (κ1) is 16.4. The topological polar surface area (TPSA) is 23.5 Å². The zero-order chi connectivity index (χ0) is 16.8. The average Bonchev–Trinajstić information content (AvgIpc) is 2.64. The van der Waals surface area contributed by atoms with Crippen molar-refractivity contribution >= 4 is 0 Å². The minimum atomic E-state index is -0.459. The summed E-state index contributed by atoms with van der Waals surface area (Å²) in [5.41, 5.74) is 4.67. The van der Waals surface area contributed by atoms with Crippen LogP contribution < -0.4 is 0 Å². The van der Waals surface area contributed by atoms with Crippen molar-refractivity contribution in [3.63, 3.8) is 0 Å². The summed E-state index contributed by atoms with van der Waals surface area (Å²) in [6.45, 7) is 1.43. The van der Waals surface area contributed by atoms with E-state index in [9.17, 15) is 5.11 Å². The number of aliphatic hydroxyl groups excluding tert-OH is 1. The molecule has 2 nitrogen and oxygen atoms in total. The van der Waals surface area contributed by atoms with Gasteiger partial charge >= 0.3 is 0 Å². The zero-order valence-corrected chi connectivity index (χ0v) is 14.0. The van der Waals surface area contributed by atoms with Crippen LogP contribution in [0.25, 0.3) is 11.1 Å². The number of benzene rings is 3.